The Morgan fingerprint density at radius 2 is 1.63 bits per heavy atom. The number of carbonyl (C=O) groups is 2. The van der Waals surface area contributed by atoms with E-state index in [0.717, 1.165) is 10.8 Å². The minimum Gasteiger partial charge on any atom is -0.481 e. The van der Waals surface area contributed by atoms with Crippen molar-refractivity contribution in [3.8, 4) is 11.5 Å². The van der Waals surface area contributed by atoms with Crippen LogP contribution in [-0.2, 0) is 9.59 Å². The van der Waals surface area contributed by atoms with Crippen molar-refractivity contribution in [1.29, 1.82) is 0 Å². The summed E-state index contributed by atoms with van der Waals surface area (Å²) in [6.45, 7) is 0.374. The zero-order chi connectivity index (χ0) is 21.3. The van der Waals surface area contributed by atoms with Crippen LogP contribution in [-0.4, -0.2) is 40.2 Å². The maximum atomic E-state index is 11.0. The monoisotopic (exact) mass is 406 g/mol. The van der Waals surface area contributed by atoms with Gasteiger partial charge in [-0.25, -0.2) is 9.56 Å². The maximum absolute atomic E-state index is 11.0. The Hall–Kier alpha value is -3.94. The molecule has 4 rings (SSSR count). The quantitative estimate of drug-likeness (QED) is 0.194. The third-order valence-corrected chi connectivity index (χ3v) is 4.97. The molecule has 4 N–H and O–H groups in total. The summed E-state index contributed by atoms with van der Waals surface area (Å²) in [6.07, 6.45) is -0.208. The van der Waals surface area contributed by atoms with Crippen LogP contribution in [0.1, 0.15) is 12.8 Å². The van der Waals surface area contributed by atoms with Crippen molar-refractivity contribution in [2.24, 2.45) is 0 Å². The average molecular weight is 406 g/mol. The number of benzene rings is 3. The molecular formula is C22H20N3O5+. The van der Waals surface area contributed by atoms with Crippen molar-refractivity contribution in [1.82, 2.24) is 9.56 Å². The number of nitrogen functional groups attached to an aromatic ring is 1. The fourth-order valence-corrected chi connectivity index (χ4v) is 3.50. The molecule has 8 nitrogen and oxygen atoms in total. The predicted octanol–water partition coefficient (Wildman–Crippen LogP) is 2.39. The standard InChI is InChI=1S/C22H19N3O5/c23-16-12-19-22(15-4-2-1-3-14(15)16)24-17-6-5-13(11-18(17)30-19)25(9-7-20(26)27)10-8-21(28)29/h1-6,11-12,23H,7-10H2,(H2,26,27,28,29)/p+1. The highest BCUT2D eigenvalue weighted by Gasteiger charge is 2.16. The highest BCUT2D eigenvalue weighted by atomic mass is 16.4. The zero-order valence-corrected chi connectivity index (χ0v) is 16.0. The highest BCUT2D eigenvalue weighted by molar-refractivity contribution is 6.09. The van der Waals surface area contributed by atoms with Gasteiger partial charge in [0, 0.05) is 28.6 Å². The minimum atomic E-state index is -0.948. The molecule has 8 heteroatoms. The number of aromatic nitrogens is 1. The third-order valence-electron chi connectivity index (χ3n) is 4.97. The van der Waals surface area contributed by atoms with Crippen molar-refractivity contribution < 1.29 is 24.2 Å². The van der Waals surface area contributed by atoms with Gasteiger partial charge in [0.25, 0.3) is 0 Å². The van der Waals surface area contributed by atoms with E-state index in [9.17, 15) is 9.59 Å². The lowest BCUT2D eigenvalue weighted by Crippen LogP contribution is -2.33. The predicted molar refractivity (Wildman–Crippen MR) is 112 cm³/mol. The molecule has 1 heterocycles. The van der Waals surface area contributed by atoms with Crippen molar-refractivity contribution >= 4 is 39.5 Å². The molecule has 0 saturated carbocycles. The SMILES string of the molecule is Nc1cc2oc3cc(=[N+](CCC(=O)O)CCC(=O)O)ccc-3nc2c2ccccc12. The van der Waals surface area contributed by atoms with Gasteiger partial charge in [-0.2, -0.15) is 0 Å². The summed E-state index contributed by atoms with van der Waals surface area (Å²) in [6, 6.07) is 14.8. The molecule has 0 amide bonds. The van der Waals surface area contributed by atoms with E-state index >= 15 is 0 Å². The Morgan fingerprint density at radius 3 is 2.30 bits per heavy atom. The van der Waals surface area contributed by atoms with Gasteiger partial charge in [-0.1, -0.05) is 24.3 Å². The summed E-state index contributed by atoms with van der Waals surface area (Å²) >= 11 is 0. The summed E-state index contributed by atoms with van der Waals surface area (Å²) in [5.41, 5.74) is 8.64. The van der Waals surface area contributed by atoms with Crippen molar-refractivity contribution in [2.75, 3.05) is 18.8 Å². The first-order valence-electron chi connectivity index (χ1n) is 9.46. The van der Waals surface area contributed by atoms with Gasteiger partial charge >= 0.3 is 11.9 Å². The maximum Gasteiger partial charge on any atom is 0.309 e. The Balaban J connectivity index is 1.90. The van der Waals surface area contributed by atoms with E-state index in [1.54, 1.807) is 28.8 Å². The van der Waals surface area contributed by atoms with Gasteiger partial charge in [-0.3, -0.25) is 9.59 Å². The topological polar surface area (TPSA) is 130 Å². The molecule has 0 atom stereocenters. The van der Waals surface area contributed by atoms with E-state index in [-0.39, 0.29) is 25.9 Å². The number of carboxylic acid groups (broad SMARTS) is 2. The minimum absolute atomic E-state index is 0.104. The number of rotatable bonds is 6. The van der Waals surface area contributed by atoms with E-state index in [0.29, 0.717) is 33.6 Å². The Bertz CT molecular complexity index is 1310. The number of carboxylic acids is 2. The Morgan fingerprint density at radius 1 is 0.967 bits per heavy atom. The first kappa shape index (κ1) is 19.4. The largest absolute Gasteiger partial charge is 0.481 e. The molecule has 0 fully saturated rings. The molecule has 0 aromatic heterocycles. The van der Waals surface area contributed by atoms with E-state index in [2.05, 4.69) is 0 Å². The van der Waals surface area contributed by atoms with Crippen LogP contribution in [0.4, 0.5) is 5.69 Å². The molecule has 2 aromatic carbocycles. The molecule has 0 spiro atoms. The number of aliphatic carboxylic acids is 2. The van der Waals surface area contributed by atoms with Crippen LogP contribution >= 0.6 is 0 Å². The van der Waals surface area contributed by atoms with E-state index < -0.39 is 11.9 Å². The summed E-state index contributed by atoms with van der Waals surface area (Å²) in [4.78, 5) is 26.7. The zero-order valence-electron chi connectivity index (χ0n) is 16.0. The van der Waals surface area contributed by atoms with Crippen LogP contribution < -0.4 is 15.7 Å². The Labute approximate surface area is 170 Å². The molecule has 2 aliphatic rings. The number of anilines is 1. The van der Waals surface area contributed by atoms with Gasteiger partial charge in [0.15, 0.2) is 24.4 Å². The van der Waals surface area contributed by atoms with Gasteiger partial charge in [0.1, 0.15) is 24.1 Å². The summed E-state index contributed by atoms with van der Waals surface area (Å²) in [5, 5.41) is 20.5. The number of hydrogen-bond donors (Lipinski definition) is 3. The molecule has 152 valence electrons. The van der Waals surface area contributed by atoms with Crippen LogP contribution in [0.5, 0.6) is 0 Å². The lowest BCUT2D eigenvalue weighted by atomic mass is 10.1. The lowest BCUT2D eigenvalue weighted by Gasteiger charge is -2.10. The summed E-state index contributed by atoms with van der Waals surface area (Å²) in [7, 11) is 0. The van der Waals surface area contributed by atoms with Crippen molar-refractivity contribution in [3.63, 3.8) is 0 Å². The number of nitrogens with zero attached hydrogens (tertiary/aromatic N) is 2. The normalized spacial score (nSPS) is 11.2. The molecule has 0 bridgehead atoms. The van der Waals surface area contributed by atoms with Gasteiger partial charge in [-0.05, 0) is 6.07 Å². The average Bonchev–Trinajstić information content (AvgIpc) is 2.72. The van der Waals surface area contributed by atoms with Crippen molar-refractivity contribution in [3.05, 3.63) is 53.9 Å². The molecule has 1 aliphatic carbocycles. The second-order valence-corrected chi connectivity index (χ2v) is 7.00. The molecule has 0 saturated heterocycles. The fourth-order valence-electron chi connectivity index (χ4n) is 3.50. The highest BCUT2D eigenvalue weighted by Crippen LogP contribution is 2.32. The lowest BCUT2D eigenvalue weighted by molar-refractivity contribution is -0.137. The van der Waals surface area contributed by atoms with Crippen LogP contribution in [0.25, 0.3) is 33.3 Å². The van der Waals surface area contributed by atoms with Crippen LogP contribution in [0.2, 0.25) is 0 Å². The van der Waals surface area contributed by atoms with E-state index in [1.165, 1.54) is 0 Å². The van der Waals surface area contributed by atoms with Crippen molar-refractivity contribution in [2.45, 2.75) is 12.8 Å². The first-order valence-corrected chi connectivity index (χ1v) is 9.46. The van der Waals surface area contributed by atoms with E-state index in [4.69, 9.17) is 25.3 Å². The molecule has 0 radical (unpaired) electrons. The number of fused-ring (bicyclic) bond motifs is 4. The second-order valence-electron chi connectivity index (χ2n) is 7.00. The molecular weight excluding hydrogens is 386 g/mol. The van der Waals surface area contributed by atoms with Gasteiger partial charge in [0.2, 0.25) is 5.36 Å². The molecule has 2 aromatic rings. The van der Waals surface area contributed by atoms with E-state index in [1.807, 2.05) is 24.3 Å². The third kappa shape index (κ3) is 3.80. The van der Waals surface area contributed by atoms with Crippen LogP contribution in [0.15, 0.2) is 52.9 Å². The molecule has 30 heavy (non-hydrogen) atoms. The molecule has 1 aliphatic heterocycles. The summed E-state index contributed by atoms with van der Waals surface area (Å²) in [5.74, 6) is -1.39. The van der Waals surface area contributed by atoms with Crippen LogP contribution in [0.3, 0.4) is 0 Å². The summed E-state index contributed by atoms with van der Waals surface area (Å²) < 4.78 is 7.79. The fraction of sp³-hybridized carbons (Fsp3) is 0.182. The van der Waals surface area contributed by atoms with Crippen LogP contribution in [0, 0.1) is 0 Å². The first-order chi connectivity index (χ1) is 14.4. The number of nitrogens with two attached hydrogens (primary N) is 1. The van der Waals surface area contributed by atoms with Gasteiger partial charge in [-0.15, -0.1) is 0 Å². The molecule has 0 unspecified atom stereocenters. The van der Waals surface area contributed by atoms with Gasteiger partial charge < -0.3 is 20.4 Å². The Kier molecular flexibility index (Phi) is 5.05. The second kappa shape index (κ2) is 7.82. The smallest absolute Gasteiger partial charge is 0.309 e. The number of hydrogen-bond acceptors (Lipinski definition) is 5. The van der Waals surface area contributed by atoms with Gasteiger partial charge in [0.05, 0.1) is 6.07 Å².